The maximum atomic E-state index is 14.0. The summed E-state index contributed by atoms with van der Waals surface area (Å²) < 4.78 is 95.7. The topological polar surface area (TPSA) is 52.0 Å². The largest absolute Gasteiger partial charge is 0.396 e. The molecule has 2 aromatic rings. The summed E-state index contributed by atoms with van der Waals surface area (Å²) in [4.78, 5) is 0. The number of hydrogen-bond donors (Lipinski definition) is 2. The molecule has 22 heavy (non-hydrogen) atoms. The molecule has 4 N–H and O–H groups in total. The monoisotopic (exact) mass is 324 g/mol. The minimum absolute atomic E-state index is 0.676. The second-order valence-corrected chi connectivity index (χ2v) is 4.40. The molecule has 2 aromatic carbocycles. The SMILES string of the molecule is Cc1c(N)c(F)c(F)c(-c2c(F)c(F)c(N)c(F)c2F)c1F. The molecule has 0 radical (unpaired) electrons. The first kappa shape index (κ1) is 15.9. The maximum absolute atomic E-state index is 14.0. The van der Waals surface area contributed by atoms with Crippen LogP contribution in [0.4, 0.5) is 42.1 Å². The second kappa shape index (κ2) is 5.08. The summed E-state index contributed by atoms with van der Waals surface area (Å²) in [5, 5.41) is 0. The van der Waals surface area contributed by atoms with Gasteiger partial charge in [0.15, 0.2) is 34.9 Å². The van der Waals surface area contributed by atoms with Crippen LogP contribution in [0.15, 0.2) is 0 Å². The van der Waals surface area contributed by atoms with Gasteiger partial charge in [-0.25, -0.2) is 30.7 Å². The van der Waals surface area contributed by atoms with Gasteiger partial charge >= 0.3 is 0 Å². The molecule has 0 spiro atoms. The fourth-order valence-corrected chi connectivity index (χ4v) is 1.88. The third kappa shape index (κ3) is 1.96. The summed E-state index contributed by atoms with van der Waals surface area (Å²) in [6.45, 7) is 0.899. The number of anilines is 2. The molecule has 0 bridgehead atoms. The van der Waals surface area contributed by atoms with E-state index in [4.69, 9.17) is 11.5 Å². The number of hydrogen-bond acceptors (Lipinski definition) is 2. The molecule has 0 amide bonds. The average molecular weight is 324 g/mol. The standard InChI is InChI=1S/C13H7F7N2/c1-2-5(14)3(6(15)9(18)12(2)21)4-7(16)10(19)13(22)11(20)8(4)17/h21-22H2,1H3. The van der Waals surface area contributed by atoms with Crippen molar-refractivity contribution in [2.24, 2.45) is 0 Å². The lowest BCUT2D eigenvalue weighted by Gasteiger charge is -2.14. The van der Waals surface area contributed by atoms with Crippen molar-refractivity contribution in [2.75, 3.05) is 11.5 Å². The van der Waals surface area contributed by atoms with E-state index in [0.29, 0.717) is 0 Å². The molecule has 0 saturated heterocycles. The molecule has 0 unspecified atom stereocenters. The summed E-state index contributed by atoms with van der Waals surface area (Å²) >= 11 is 0. The van der Waals surface area contributed by atoms with Crippen molar-refractivity contribution in [3.05, 3.63) is 46.3 Å². The zero-order chi connectivity index (χ0) is 16.9. The van der Waals surface area contributed by atoms with Crippen LogP contribution in [0.2, 0.25) is 0 Å². The van der Waals surface area contributed by atoms with E-state index in [1.54, 1.807) is 0 Å². The fraction of sp³-hybridized carbons (Fsp3) is 0.0769. The van der Waals surface area contributed by atoms with Gasteiger partial charge in [0.05, 0.1) is 16.8 Å². The Morgan fingerprint density at radius 2 is 0.818 bits per heavy atom. The number of halogens is 7. The first-order valence-electron chi connectivity index (χ1n) is 5.65. The highest BCUT2D eigenvalue weighted by atomic mass is 19.2. The molecule has 0 aliphatic carbocycles. The highest BCUT2D eigenvalue weighted by Gasteiger charge is 2.31. The number of rotatable bonds is 1. The van der Waals surface area contributed by atoms with Crippen molar-refractivity contribution in [1.29, 1.82) is 0 Å². The molecule has 118 valence electrons. The normalized spacial score (nSPS) is 11.1. The van der Waals surface area contributed by atoms with Crippen LogP contribution in [0.1, 0.15) is 5.56 Å². The average Bonchev–Trinajstić information content (AvgIpc) is 2.50. The van der Waals surface area contributed by atoms with Crippen LogP contribution < -0.4 is 11.5 Å². The molecule has 9 heteroatoms. The minimum atomic E-state index is -2.15. The first-order chi connectivity index (χ1) is 10.1. The lowest BCUT2D eigenvalue weighted by Crippen LogP contribution is -2.10. The van der Waals surface area contributed by atoms with Crippen molar-refractivity contribution in [2.45, 2.75) is 6.92 Å². The maximum Gasteiger partial charge on any atom is 0.185 e. The van der Waals surface area contributed by atoms with Crippen LogP contribution in [0, 0.1) is 47.6 Å². The molecule has 2 rings (SSSR count). The number of benzene rings is 2. The summed E-state index contributed by atoms with van der Waals surface area (Å²) in [5.74, 6) is -14.0. The smallest absolute Gasteiger partial charge is 0.185 e. The van der Waals surface area contributed by atoms with Gasteiger partial charge in [0.2, 0.25) is 0 Å². The summed E-state index contributed by atoms with van der Waals surface area (Å²) in [7, 11) is 0. The van der Waals surface area contributed by atoms with Gasteiger partial charge in [-0.2, -0.15) is 0 Å². The Bertz CT molecular complexity index is 676. The summed E-state index contributed by atoms with van der Waals surface area (Å²) in [6.07, 6.45) is 0. The second-order valence-electron chi connectivity index (χ2n) is 4.40. The van der Waals surface area contributed by atoms with Crippen LogP contribution in [0.5, 0.6) is 0 Å². The fourth-order valence-electron chi connectivity index (χ4n) is 1.88. The Kier molecular flexibility index (Phi) is 3.68. The van der Waals surface area contributed by atoms with E-state index >= 15 is 0 Å². The van der Waals surface area contributed by atoms with Crippen molar-refractivity contribution < 1.29 is 30.7 Å². The van der Waals surface area contributed by atoms with Gasteiger partial charge in [-0.3, -0.25) is 0 Å². The van der Waals surface area contributed by atoms with Gasteiger partial charge in [0.25, 0.3) is 0 Å². The summed E-state index contributed by atoms with van der Waals surface area (Å²) in [5.41, 5.74) is 3.38. The molecule has 0 saturated carbocycles. The molecular weight excluding hydrogens is 317 g/mol. The van der Waals surface area contributed by atoms with E-state index in [-0.39, 0.29) is 0 Å². The van der Waals surface area contributed by atoms with E-state index in [0.717, 1.165) is 6.92 Å². The van der Waals surface area contributed by atoms with Gasteiger partial charge in [-0.05, 0) is 6.92 Å². The lowest BCUT2D eigenvalue weighted by molar-refractivity contribution is 0.457. The van der Waals surface area contributed by atoms with Crippen LogP contribution in [-0.2, 0) is 0 Å². The lowest BCUT2D eigenvalue weighted by atomic mass is 9.98. The van der Waals surface area contributed by atoms with Crippen LogP contribution in [-0.4, -0.2) is 0 Å². The van der Waals surface area contributed by atoms with Crippen LogP contribution >= 0.6 is 0 Å². The minimum Gasteiger partial charge on any atom is -0.396 e. The molecular formula is C13H7F7N2. The first-order valence-corrected chi connectivity index (χ1v) is 5.65. The number of nitrogens with two attached hydrogens (primary N) is 2. The highest BCUT2D eigenvalue weighted by molar-refractivity contribution is 5.73. The van der Waals surface area contributed by atoms with E-state index in [1.165, 1.54) is 0 Å². The van der Waals surface area contributed by atoms with E-state index in [2.05, 4.69) is 0 Å². The van der Waals surface area contributed by atoms with Gasteiger partial charge in [-0.15, -0.1) is 0 Å². The molecule has 0 aliphatic rings. The predicted molar refractivity (Wildman–Crippen MR) is 65.1 cm³/mol. The Morgan fingerprint density at radius 1 is 0.500 bits per heavy atom. The van der Waals surface area contributed by atoms with Crippen molar-refractivity contribution in [1.82, 2.24) is 0 Å². The van der Waals surface area contributed by atoms with Crippen molar-refractivity contribution >= 4 is 11.4 Å². The molecule has 0 fully saturated rings. The van der Waals surface area contributed by atoms with Gasteiger partial charge in [0, 0.05) is 5.56 Å². The zero-order valence-corrected chi connectivity index (χ0v) is 10.8. The van der Waals surface area contributed by atoms with Crippen LogP contribution in [0.25, 0.3) is 11.1 Å². The Labute approximate surface area is 119 Å². The van der Waals surface area contributed by atoms with Gasteiger partial charge in [-0.1, -0.05) is 0 Å². The molecule has 0 atom stereocenters. The predicted octanol–water partition coefficient (Wildman–Crippen LogP) is 3.80. The van der Waals surface area contributed by atoms with Crippen LogP contribution in [0.3, 0.4) is 0 Å². The van der Waals surface area contributed by atoms with Gasteiger partial charge in [0.1, 0.15) is 11.5 Å². The third-order valence-corrected chi connectivity index (χ3v) is 3.15. The Balaban J connectivity index is 3.03. The molecule has 0 aromatic heterocycles. The van der Waals surface area contributed by atoms with E-state index in [1.807, 2.05) is 0 Å². The molecule has 0 heterocycles. The van der Waals surface area contributed by atoms with E-state index < -0.39 is 68.8 Å². The number of nitrogen functional groups attached to an aromatic ring is 2. The molecule has 0 aliphatic heterocycles. The molecule has 2 nitrogen and oxygen atoms in total. The Hall–Kier alpha value is -2.45. The summed E-state index contributed by atoms with van der Waals surface area (Å²) in [6, 6.07) is 0. The van der Waals surface area contributed by atoms with Gasteiger partial charge < -0.3 is 11.5 Å². The highest BCUT2D eigenvalue weighted by Crippen LogP contribution is 2.39. The quantitative estimate of drug-likeness (QED) is 0.476. The van der Waals surface area contributed by atoms with Crippen molar-refractivity contribution in [3.8, 4) is 11.1 Å². The van der Waals surface area contributed by atoms with E-state index in [9.17, 15) is 30.7 Å². The van der Waals surface area contributed by atoms with Crippen molar-refractivity contribution in [3.63, 3.8) is 0 Å². The third-order valence-electron chi connectivity index (χ3n) is 3.15. The zero-order valence-electron chi connectivity index (χ0n) is 10.8. The Morgan fingerprint density at radius 3 is 1.23 bits per heavy atom.